The van der Waals surface area contributed by atoms with Crippen molar-refractivity contribution in [3.8, 4) is 0 Å². The van der Waals surface area contributed by atoms with E-state index in [2.05, 4.69) is 0 Å². The summed E-state index contributed by atoms with van der Waals surface area (Å²) in [5.41, 5.74) is 0. The third kappa shape index (κ3) is 9.24. The average Bonchev–Trinajstić information content (AvgIpc) is 2.12. The third-order valence-electron chi connectivity index (χ3n) is 1.43. The van der Waals surface area contributed by atoms with Crippen LogP contribution in [-0.2, 0) is 13.3 Å². The monoisotopic (exact) mass is 260 g/mol. The van der Waals surface area contributed by atoms with Crippen LogP contribution < -0.4 is 0 Å². The Kier molecular flexibility index (Phi) is 10.7. The lowest BCUT2D eigenvalue weighted by Crippen LogP contribution is -2.27. The van der Waals surface area contributed by atoms with E-state index in [1.807, 2.05) is 13.8 Å². The quantitative estimate of drug-likeness (QED) is 0.362. The van der Waals surface area contributed by atoms with Crippen molar-refractivity contribution in [2.75, 3.05) is 19.8 Å². The van der Waals surface area contributed by atoms with Gasteiger partial charge in [0.1, 0.15) is 4.84 Å². The molecule has 0 aliphatic rings. The number of hydrogen-bond acceptors (Lipinski definition) is 3. The predicted octanol–water partition coefficient (Wildman–Crippen LogP) is 2.38. The van der Waals surface area contributed by atoms with Crippen molar-refractivity contribution in [1.29, 1.82) is 0 Å². The van der Waals surface area contributed by atoms with E-state index in [-0.39, 0.29) is 4.84 Å². The lowest BCUT2D eigenvalue weighted by atomic mass is 10.4. The molecule has 0 aliphatic heterocycles. The van der Waals surface area contributed by atoms with E-state index < -0.39 is 9.53 Å². The van der Waals surface area contributed by atoms with Crippen molar-refractivity contribution in [1.82, 2.24) is 0 Å². The Balaban J connectivity index is 3.40. The fourth-order valence-corrected chi connectivity index (χ4v) is 2.33. The standard InChI is InChI=1S/C8H18Cl2O3Si/c1-3-11-14(12-4-2)13-7-5-6-8(9)10/h8,14H,3-7H2,1-2H3. The zero-order valence-corrected chi connectivity index (χ0v) is 11.3. The lowest BCUT2D eigenvalue weighted by Gasteiger charge is -2.14. The Hall–Kier alpha value is 0.677. The van der Waals surface area contributed by atoms with Crippen molar-refractivity contribution in [2.45, 2.75) is 31.5 Å². The molecule has 0 N–H and O–H groups in total. The normalized spacial score (nSPS) is 11.6. The molecule has 0 aromatic carbocycles. The van der Waals surface area contributed by atoms with Gasteiger partial charge in [0.25, 0.3) is 0 Å². The predicted molar refractivity (Wildman–Crippen MR) is 61.1 cm³/mol. The molecule has 0 heterocycles. The topological polar surface area (TPSA) is 27.7 Å². The van der Waals surface area contributed by atoms with Crippen LogP contribution in [-0.4, -0.2) is 34.2 Å². The number of halogens is 2. The zero-order chi connectivity index (χ0) is 10.8. The first-order valence-electron chi connectivity index (χ1n) is 4.83. The Morgan fingerprint density at radius 1 is 1.07 bits per heavy atom. The number of hydrogen-bond donors (Lipinski definition) is 0. The smallest absolute Gasteiger partial charge is 0.376 e. The molecule has 14 heavy (non-hydrogen) atoms. The number of rotatable bonds is 9. The van der Waals surface area contributed by atoms with Gasteiger partial charge in [-0.05, 0) is 26.7 Å². The molecule has 0 spiro atoms. The molecule has 0 rings (SSSR count). The second kappa shape index (κ2) is 10.2. The Morgan fingerprint density at radius 2 is 1.64 bits per heavy atom. The maximum Gasteiger partial charge on any atom is 0.484 e. The van der Waals surface area contributed by atoms with Crippen LogP contribution in [0, 0.1) is 0 Å². The van der Waals surface area contributed by atoms with Crippen LogP contribution in [0.1, 0.15) is 26.7 Å². The molecule has 6 heteroatoms. The first-order valence-corrected chi connectivity index (χ1v) is 7.12. The van der Waals surface area contributed by atoms with Gasteiger partial charge in [-0.25, -0.2) is 0 Å². The van der Waals surface area contributed by atoms with E-state index in [0.717, 1.165) is 12.8 Å². The van der Waals surface area contributed by atoms with E-state index in [4.69, 9.17) is 36.5 Å². The first-order chi connectivity index (χ1) is 6.70. The van der Waals surface area contributed by atoms with Crippen molar-refractivity contribution in [3.05, 3.63) is 0 Å². The van der Waals surface area contributed by atoms with Gasteiger partial charge in [0, 0.05) is 19.8 Å². The van der Waals surface area contributed by atoms with Crippen molar-refractivity contribution in [2.24, 2.45) is 0 Å². The molecule has 0 amide bonds. The maximum absolute atomic E-state index is 5.57. The van der Waals surface area contributed by atoms with Gasteiger partial charge in [-0.3, -0.25) is 0 Å². The van der Waals surface area contributed by atoms with Crippen LogP contribution >= 0.6 is 23.2 Å². The minimum atomic E-state index is -1.88. The molecule has 0 radical (unpaired) electrons. The van der Waals surface area contributed by atoms with Gasteiger partial charge >= 0.3 is 9.53 Å². The fourth-order valence-electron chi connectivity index (χ4n) is 0.834. The van der Waals surface area contributed by atoms with Gasteiger partial charge in [-0.1, -0.05) is 0 Å². The summed E-state index contributed by atoms with van der Waals surface area (Å²) < 4.78 is 16.1. The summed E-state index contributed by atoms with van der Waals surface area (Å²) in [6.45, 7) is 5.72. The van der Waals surface area contributed by atoms with Gasteiger partial charge < -0.3 is 13.3 Å². The third-order valence-corrected chi connectivity index (χ3v) is 3.58. The molecule has 0 unspecified atom stereocenters. The zero-order valence-electron chi connectivity index (χ0n) is 8.67. The molecule has 0 fully saturated rings. The van der Waals surface area contributed by atoms with Gasteiger partial charge in [-0.2, -0.15) is 0 Å². The van der Waals surface area contributed by atoms with E-state index in [1.54, 1.807) is 0 Å². The van der Waals surface area contributed by atoms with E-state index >= 15 is 0 Å². The molecular weight excluding hydrogens is 243 g/mol. The molecule has 0 atom stereocenters. The second-order valence-electron chi connectivity index (χ2n) is 2.60. The van der Waals surface area contributed by atoms with Crippen LogP contribution in [0.2, 0.25) is 0 Å². The highest BCUT2D eigenvalue weighted by Crippen LogP contribution is 2.09. The van der Waals surface area contributed by atoms with Crippen LogP contribution in [0.4, 0.5) is 0 Å². The highest BCUT2D eigenvalue weighted by Gasteiger charge is 2.13. The Morgan fingerprint density at radius 3 is 2.07 bits per heavy atom. The summed E-state index contributed by atoms with van der Waals surface area (Å²) >= 11 is 11.1. The average molecular weight is 261 g/mol. The molecule has 0 aromatic heterocycles. The van der Waals surface area contributed by atoms with Gasteiger partial charge in [0.2, 0.25) is 0 Å². The Bertz CT molecular complexity index is 121. The lowest BCUT2D eigenvalue weighted by molar-refractivity contribution is 0.101. The van der Waals surface area contributed by atoms with Crippen molar-refractivity contribution < 1.29 is 13.3 Å². The second-order valence-corrected chi connectivity index (χ2v) is 5.46. The van der Waals surface area contributed by atoms with Crippen molar-refractivity contribution in [3.63, 3.8) is 0 Å². The molecular formula is C8H18Cl2O3Si. The summed E-state index contributed by atoms with van der Waals surface area (Å²) in [6.07, 6.45) is 1.57. The first kappa shape index (κ1) is 14.7. The van der Waals surface area contributed by atoms with Crippen LogP contribution in [0.15, 0.2) is 0 Å². The summed E-state index contributed by atoms with van der Waals surface area (Å²) in [5.74, 6) is 0. The van der Waals surface area contributed by atoms with Gasteiger partial charge in [0.15, 0.2) is 0 Å². The summed E-state index contributed by atoms with van der Waals surface area (Å²) in [7, 11) is -1.88. The van der Waals surface area contributed by atoms with E-state index in [0.29, 0.717) is 19.8 Å². The summed E-state index contributed by atoms with van der Waals surface area (Å²) in [6, 6.07) is 0. The van der Waals surface area contributed by atoms with E-state index in [1.165, 1.54) is 0 Å². The summed E-state index contributed by atoms with van der Waals surface area (Å²) in [5, 5.41) is 0. The van der Waals surface area contributed by atoms with Crippen LogP contribution in [0.3, 0.4) is 0 Å². The Labute approximate surface area is 97.6 Å². The molecule has 0 bridgehead atoms. The van der Waals surface area contributed by atoms with Gasteiger partial charge in [-0.15, -0.1) is 23.2 Å². The summed E-state index contributed by atoms with van der Waals surface area (Å²) in [4.78, 5) is -0.307. The van der Waals surface area contributed by atoms with Gasteiger partial charge in [0.05, 0.1) is 0 Å². The maximum atomic E-state index is 5.57. The van der Waals surface area contributed by atoms with Crippen LogP contribution in [0.5, 0.6) is 0 Å². The molecule has 0 aliphatic carbocycles. The van der Waals surface area contributed by atoms with Crippen molar-refractivity contribution >= 4 is 32.7 Å². The fraction of sp³-hybridized carbons (Fsp3) is 1.00. The SMILES string of the molecule is CCO[SiH](OCC)OCCCC(Cl)Cl. The molecule has 0 saturated heterocycles. The molecule has 86 valence electrons. The van der Waals surface area contributed by atoms with Crippen LogP contribution in [0.25, 0.3) is 0 Å². The molecule has 3 nitrogen and oxygen atoms in total. The minimum absolute atomic E-state index is 0.307. The van der Waals surface area contributed by atoms with E-state index in [9.17, 15) is 0 Å². The molecule has 0 aromatic rings. The number of alkyl halides is 2. The largest absolute Gasteiger partial charge is 0.484 e. The minimum Gasteiger partial charge on any atom is -0.376 e. The molecule has 0 saturated carbocycles. The highest BCUT2D eigenvalue weighted by atomic mass is 35.5. The highest BCUT2D eigenvalue weighted by molar-refractivity contribution is 6.44.